The van der Waals surface area contributed by atoms with Crippen molar-refractivity contribution >= 4 is 23.3 Å². The van der Waals surface area contributed by atoms with Gasteiger partial charge in [0.25, 0.3) is 0 Å². The van der Waals surface area contributed by atoms with Crippen LogP contribution in [0.1, 0.15) is 23.6 Å². The molecule has 1 aliphatic rings. The standard InChI is InChI=1S/C19H16ClN3O2/c1-25-13-6-4-5-12(9-13)23-11-21-18-15(10-17(24)22-19(18)23)14-7-2-3-8-16(14)20/h2-9,11,15H,10H2,1H3,(H,22,24). The first-order valence-electron chi connectivity index (χ1n) is 7.93. The fraction of sp³-hybridized carbons (Fsp3) is 0.158. The number of carbonyl (C=O) groups excluding carboxylic acids is 1. The second-order valence-corrected chi connectivity index (χ2v) is 6.28. The summed E-state index contributed by atoms with van der Waals surface area (Å²) in [6, 6.07) is 15.2. The minimum absolute atomic E-state index is 0.0536. The number of fused-ring (bicyclic) bond motifs is 1. The van der Waals surface area contributed by atoms with Gasteiger partial charge in [0.1, 0.15) is 17.9 Å². The number of amides is 1. The normalized spacial score (nSPS) is 16.2. The zero-order valence-electron chi connectivity index (χ0n) is 13.6. The maximum absolute atomic E-state index is 12.3. The monoisotopic (exact) mass is 353 g/mol. The van der Waals surface area contributed by atoms with Crippen LogP contribution in [0.2, 0.25) is 5.02 Å². The zero-order valence-corrected chi connectivity index (χ0v) is 14.3. The molecule has 0 spiro atoms. The van der Waals surface area contributed by atoms with E-state index in [2.05, 4.69) is 10.3 Å². The fourth-order valence-corrected chi connectivity index (χ4v) is 3.45. The third-order valence-electron chi connectivity index (χ3n) is 4.39. The van der Waals surface area contributed by atoms with Crippen molar-refractivity contribution in [3.05, 3.63) is 71.1 Å². The third kappa shape index (κ3) is 2.76. The van der Waals surface area contributed by atoms with Gasteiger partial charge in [-0.25, -0.2) is 4.98 Å². The number of ether oxygens (including phenoxy) is 1. The van der Waals surface area contributed by atoms with Crippen molar-refractivity contribution in [2.75, 3.05) is 12.4 Å². The molecule has 0 radical (unpaired) electrons. The Morgan fingerprint density at radius 3 is 2.88 bits per heavy atom. The van der Waals surface area contributed by atoms with Gasteiger partial charge in [-0.1, -0.05) is 35.9 Å². The van der Waals surface area contributed by atoms with E-state index in [1.807, 2.05) is 53.1 Å². The van der Waals surface area contributed by atoms with Gasteiger partial charge in [-0.05, 0) is 23.8 Å². The Balaban J connectivity index is 1.83. The van der Waals surface area contributed by atoms with Gasteiger partial charge in [-0.15, -0.1) is 0 Å². The molecule has 0 fully saturated rings. The number of nitrogens with zero attached hydrogens (tertiary/aromatic N) is 2. The summed E-state index contributed by atoms with van der Waals surface area (Å²) < 4.78 is 7.15. The van der Waals surface area contributed by atoms with E-state index in [1.54, 1.807) is 13.4 Å². The molecule has 1 atom stereocenters. The number of benzene rings is 2. The molecular formula is C19H16ClN3O2. The summed E-state index contributed by atoms with van der Waals surface area (Å²) >= 11 is 6.35. The highest BCUT2D eigenvalue weighted by molar-refractivity contribution is 6.31. The van der Waals surface area contributed by atoms with Crippen LogP contribution in [-0.4, -0.2) is 22.6 Å². The summed E-state index contributed by atoms with van der Waals surface area (Å²) in [5, 5.41) is 3.58. The number of carbonyl (C=O) groups is 1. The molecule has 3 aromatic rings. The number of anilines is 1. The Morgan fingerprint density at radius 2 is 2.08 bits per heavy atom. The molecule has 1 N–H and O–H groups in total. The van der Waals surface area contributed by atoms with Crippen LogP contribution in [0, 0.1) is 0 Å². The van der Waals surface area contributed by atoms with Crippen LogP contribution < -0.4 is 10.1 Å². The maximum atomic E-state index is 12.3. The molecule has 2 heterocycles. The number of halogens is 1. The Morgan fingerprint density at radius 1 is 1.24 bits per heavy atom. The summed E-state index contributed by atoms with van der Waals surface area (Å²) in [7, 11) is 1.62. The van der Waals surface area contributed by atoms with Crippen LogP contribution in [0.5, 0.6) is 5.75 Å². The fourth-order valence-electron chi connectivity index (χ4n) is 3.18. The number of rotatable bonds is 3. The average molecular weight is 354 g/mol. The largest absolute Gasteiger partial charge is 0.497 e. The SMILES string of the molecule is COc1cccc(-n2cnc3c2NC(=O)CC3c2ccccc2Cl)c1. The minimum Gasteiger partial charge on any atom is -0.497 e. The van der Waals surface area contributed by atoms with E-state index in [1.165, 1.54) is 0 Å². The molecule has 0 saturated heterocycles. The van der Waals surface area contributed by atoms with Gasteiger partial charge < -0.3 is 10.1 Å². The van der Waals surface area contributed by atoms with Crippen molar-refractivity contribution in [2.45, 2.75) is 12.3 Å². The summed E-state index contributed by atoms with van der Waals surface area (Å²) in [6.07, 6.45) is 2.04. The third-order valence-corrected chi connectivity index (χ3v) is 4.73. The van der Waals surface area contributed by atoms with Crippen LogP contribution >= 0.6 is 11.6 Å². The number of nitrogens with one attached hydrogen (secondary N) is 1. The topological polar surface area (TPSA) is 56.1 Å². The predicted octanol–water partition coefficient (Wildman–Crippen LogP) is 4.01. The van der Waals surface area contributed by atoms with Gasteiger partial charge in [0, 0.05) is 23.4 Å². The van der Waals surface area contributed by atoms with Crippen molar-refractivity contribution in [1.82, 2.24) is 9.55 Å². The summed E-state index contributed by atoms with van der Waals surface area (Å²) in [5.74, 6) is 1.20. The Labute approximate surface area is 150 Å². The summed E-state index contributed by atoms with van der Waals surface area (Å²) in [4.78, 5) is 16.9. The van der Waals surface area contributed by atoms with Gasteiger partial charge in [-0.2, -0.15) is 0 Å². The van der Waals surface area contributed by atoms with Gasteiger partial charge in [-0.3, -0.25) is 9.36 Å². The second kappa shape index (κ2) is 6.26. The lowest BCUT2D eigenvalue weighted by atomic mass is 9.90. The highest BCUT2D eigenvalue weighted by atomic mass is 35.5. The van der Waals surface area contributed by atoms with Crippen LogP contribution in [0.15, 0.2) is 54.9 Å². The second-order valence-electron chi connectivity index (χ2n) is 5.88. The van der Waals surface area contributed by atoms with Gasteiger partial charge in [0.15, 0.2) is 0 Å². The smallest absolute Gasteiger partial charge is 0.226 e. The molecular weight excluding hydrogens is 338 g/mol. The van der Waals surface area contributed by atoms with Crippen LogP contribution in [-0.2, 0) is 4.79 Å². The van der Waals surface area contributed by atoms with E-state index in [4.69, 9.17) is 16.3 Å². The summed E-state index contributed by atoms with van der Waals surface area (Å²) in [6.45, 7) is 0. The Kier molecular flexibility index (Phi) is 3.93. The molecule has 6 heteroatoms. The lowest BCUT2D eigenvalue weighted by molar-refractivity contribution is -0.116. The van der Waals surface area contributed by atoms with Gasteiger partial charge in [0.2, 0.25) is 5.91 Å². The summed E-state index contributed by atoms with van der Waals surface area (Å²) in [5.41, 5.74) is 2.60. The number of hydrogen-bond acceptors (Lipinski definition) is 3. The number of hydrogen-bond donors (Lipinski definition) is 1. The molecule has 0 bridgehead atoms. The molecule has 1 aliphatic heterocycles. The van der Waals surface area contributed by atoms with Crippen molar-refractivity contribution in [1.29, 1.82) is 0 Å². The van der Waals surface area contributed by atoms with E-state index in [0.29, 0.717) is 17.3 Å². The van der Waals surface area contributed by atoms with Crippen LogP contribution in [0.4, 0.5) is 5.82 Å². The van der Waals surface area contributed by atoms with Crippen molar-refractivity contribution < 1.29 is 9.53 Å². The molecule has 4 rings (SSSR count). The van der Waals surface area contributed by atoms with E-state index >= 15 is 0 Å². The molecule has 0 aliphatic carbocycles. The first-order valence-corrected chi connectivity index (χ1v) is 8.31. The quantitative estimate of drug-likeness (QED) is 0.774. The molecule has 5 nitrogen and oxygen atoms in total. The molecule has 126 valence electrons. The van der Waals surface area contributed by atoms with Crippen molar-refractivity contribution in [2.24, 2.45) is 0 Å². The number of methoxy groups -OCH3 is 1. The molecule has 25 heavy (non-hydrogen) atoms. The first kappa shape index (κ1) is 15.7. The number of imidazole rings is 1. The molecule has 0 saturated carbocycles. The predicted molar refractivity (Wildman–Crippen MR) is 96.7 cm³/mol. The lowest BCUT2D eigenvalue weighted by Crippen LogP contribution is -2.25. The van der Waals surface area contributed by atoms with E-state index in [0.717, 1.165) is 22.7 Å². The molecule has 2 aromatic carbocycles. The minimum atomic E-state index is -0.163. The molecule has 1 aromatic heterocycles. The van der Waals surface area contributed by atoms with E-state index in [-0.39, 0.29) is 11.8 Å². The Hall–Kier alpha value is -2.79. The molecule has 1 amide bonds. The number of aromatic nitrogens is 2. The van der Waals surface area contributed by atoms with Crippen molar-refractivity contribution in [3.63, 3.8) is 0 Å². The first-order chi connectivity index (χ1) is 12.2. The average Bonchev–Trinajstić information content (AvgIpc) is 3.05. The zero-order chi connectivity index (χ0) is 17.4. The highest BCUT2D eigenvalue weighted by Gasteiger charge is 2.32. The van der Waals surface area contributed by atoms with E-state index in [9.17, 15) is 4.79 Å². The lowest BCUT2D eigenvalue weighted by Gasteiger charge is -2.24. The van der Waals surface area contributed by atoms with Crippen LogP contribution in [0.3, 0.4) is 0 Å². The van der Waals surface area contributed by atoms with Gasteiger partial charge in [0.05, 0.1) is 18.5 Å². The van der Waals surface area contributed by atoms with Crippen LogP contribution in [0.25, 0.3) is 5.69 Å². The maximum Gasteiger partial charge on any atom is 0.226 e. The van der Waals surface area contributed by atoms with E-state index < -0.39 is 0 Å². The van der Waals surface area contributed by atoms with Gasteiger partial charge >= 0.3 is 0 Å². The van der Waals surface area contributed by atoms with Crippen molar-refractivity contribution in [3.8, 4) is 11.4 Å². The molecule has 1 unspecified atom stereocenters. The highest BCUT2D eigenvalue weighted by Crippen LogP contribution is 2.39. The Bertz CT molecular complexity index is 951.